The molecule has 7 nitrogen and oxygen atoms in total. The lowest BCUT2D eigenvalue weighted by molar-refractivity contribution is -0.133. The molecule has 0 spiro atoms. The van der Waals surface area contributed by atoms with Crippen molar-refractivity contribution in [1.82, 2.24) is 9.80 Å². The van der Waals surface area contributed by atoms with E-state index < -0.39 is 0 Å². The van der Waals surface area contributed by atoms with Gasteiger partial charge >= 0.3 is 6.03 Å². The maximum atomic E-state index is 13.3. The Labute approximate surface area is 194 Å². The number of hydrogen-bond acceptors (Lipinski definition) is 4. The minimum absolute atomic E-state index is 0.0739. The van der Waals surface area contributed by atoms with Gasteiger partial charge in [-0.05, 0) is 41.8 Å². The third-order valence-corrected chi connectivity index (χ3v) is 4.94. The van der Waals surface area contributed by atoms with Crippen molar-refractivity contribution in [2.24, 2.45) is 5.92 Å². The molecular weight excluding hydrogens is 416 g/mol. The van der Waals surface area contributed by atoms with E-state index in [1.54, 1.807) is 41.5 Å². The molecule has 0 radical (unpaired) electrons. The fraction of sp³-hybridized carbons (Fsp3) is 0.269. The van der Waals surface area contributed by atoms with E-state index in [1.807, 2.05) is 50.2 Å². The fourth-order valence-corrected chi connectivity index (χ4v) is 3.42. The number of amides is 3. The Morgan fingerprint density at radius 3 is 2.45 bits per heavy atom. The average molecular weight is 445 g/mol. The van der Waals surface area contributed by atoms with E-state index in [2.05, 4.69) is 11.4 Å². The molecule has 7 heteroatoms. The summed E-state index contributed by atoms with van der Waals surface area (Å²) in [5, 5.41) is 11.9. The van der Waals surface area contributed by atoms with Gasteiger partial charge in [-0.25, -0.2) is 4.79 Å². The number of hydrogen-bond donors (Lipinski definition) is 1. The van der Waals surface area contributed by atoms with E-state index in [1.165, 1.54) is 4.90 Å². The van der Waals surface area contributed by atoms with Gasteiger partial charge in [0, 0.05) is 18.8 Å². The fourth-order valence-electron chi connectivity index (χ4n) is 3.42. The van der Waals surface area contributed by atoms with Crippen LogP contribution >= 0.6 is 0 Å². The summed E-state index contributed by atoms with van der Waals surface area (Å²) in [6, 6.07) is 21.7. The van der Waals surface area contributed by atoms with Gasteiger partial charge in [-0.2, -0.15) is 5.26 Å². The van der Waals surface area contributed by atoms with Crippen LogP contribution in [0.15, 0.2) is 77.4 Å². The van der Waals surface area contributed by atoms with Crippen LogP contribution in [0.4, 0.5) is 10.5 Å². The summed E-state index contributed by atoms with van der Waals surface area (Å²) in [6.07, 6.45) is 1.58. The van der Waals surface area contributed by atoms with Crippen molar-refractivity contribution >= 4 is 17.6 Å². The zero-order valence-electron chi connectivity index (χ0n) is 18.9. The van der Waals surface area contributed by atoms with E-state index in [-0.39, 0.29) is 24.4 Å². The van der Waals surface area contributed by atoms with Crippen molar-refractivity contribution in [3.63, 3.8) is 0 Å². The van der Waals surface area contributed by atoms with Gasteiger partial charge < -0.3 is 19.5 Å². The van der Waals surface area contributed by atoms with Crippen molar-refractivity contribution in [3.05, 3.63) is 89.9 Å². The molecule has 0 fully saturated rings. The molecule has 3 rings (SSSR count). The maximum absolute atomic E-state index is 13.3. The number of nitrogens with zero attached hydrogens (tertiary/aromatic N) is 3. The monoisotopic (exact) mass is 444 g/mol. The molecule has 0 aliphatic carbocycles. The summed E-state index contributed by atoms with van der Waals surface area (Å²) >= 11 is 0. The lowest BCUT2D eigenvalue weighted by atomic mass is 10.2. The second kappa shape index (κ2) is 11.5. The number of furan rings is 1. The van der Waals surface area contributed by atoms with Crippen LogP contribution in [0.25, 0.3) is 0 Å². The predicted molar refractivity (Wildman–Crippen MR) is 126 cm³/mol. The summed E-state index contributed by atoms with van der Waals surface area (Å²) in [7, 11) is 0. The Hall–Kier alpha value is -4.05. The highest BCUT2D eigenvalue weighted by atomic mass is 16.3. The average Bonchev–Trinajstić information content (AvgIpc) is 3.32. The van der Waals surface area contributed by atoms with E-state index in [9.17, 15) is 9.59 Å². The van der Waals surface area contributed by atoms with Gasteiger partial charge in [0.05, 0.1) is 24.4 Å². The Morgan fingerprint density at radius 1 is 1.00 bits per heavy atom. The van der Waals surface area contributed by atoms with Crippen LogP contribution in [0.1, 0.15) is 30.7 Å². The zero-order valence-corrected chi connectivity index (χ0v) is 18.9. The van der Waals surface area contributed by atoms with Crippen LogP contribution in [0.5, 0.6) is 0 Å². The molecule has 170 valence electrons. The first-order valence-corrected chi connectivity index (χ1v) is 10.8. The molecule has 1 N–H and O–H groups in total. The van der Waals surface area contributed by atoms with Gasteiger partial charge in [0.15, 0.2) is 0 Å². The largest absolute Gasteiger partial charge is 0.467 e. The molecule has 3 aromatic rings. The highest BCUT2D eigenvalue weighted by molar-refractivity contribution is 5.92. The van der Waals surface area contributed by atoms with Crippen LogP contribution in [0, 0.1) is 17.2 Å². The topological polar surface area (TPSA) is 89.6 Å². The first-order chi connectivity index (χ1) is 15.9. The second-order valence-corrected chi connectivity index (χ2v) is 8.21. The third-order valence-electron chi connectivity index (χ3n) is 4.94. The van der Waals surface area contributed by atoms with Crippen molar-refractivity contribution in [1.29, 1.82) is 5.26 Å². The summed E-state index contributed by atoms with van der Waals surface area (Å²) in [4.78, 5) is 29.6. The molecule has 33 heavy (non-hydrogen) atoms. The molecule has 0 saturated heterocycles. The smallest absolute Gasteiger partial charge is 0.322 e. The van der Waals surface area contributed by atoms with Crippen LogP contribution in [0.2, 0.25) is 0 Å². The van der Waals surface area contributed by atoms with Crippen molar-refractivity contribution < 1.29 is 14.0 Å². The van der Waals surface area contributed by atoms with E-state index in [0.717, 1.165) is 5.56 Å². The second-order valence-electron chi connectivity index (χ2n) is 8.21. The zero-order chi connectivity index (χ0) is 23.6. The molecule has 0 aliphatic rings. The normalized spacial score (nSPS) is 10.5. The molecule has 0 saturated carbocycles. The number of carbonyl (C=O) groups excluding carboxylic acids is 2. The number of anilines is 1. The molecule has 1 aromatic heterocycles. The van der Waals surface area contributed by atoms with Crippen LogP contribution in [-0.4, -0.2) is 34.8 Å². The van der Waals surface area contributed by atoms with Gasteiger partial charge in [0.25, 0.3) is 0 Å². The summed E-state index contributed by atoms with van der Waals surface area (Å²) < 4.78 is 5.46. The van der Waals surface area contributed by atoms with Crippen molar-refractivity contribution in [2.45, 2.75) is 26.9 Å². The lowest BCUT2D eigenvalue weighted by Gasteiger charge is -2.28. The van der Waals surface area contributed by atoms with Crippen LogP contribution in [-0.2, 0) is 17.9 Å². The van der Waals surface area contributed by atoms with Gasteiger partial charge in [-0.1, -0.05) is 50.2 Å². The molecule has 1 heterocycles. The Morgan fingerprint density at radius 2 is 1.79 bits per heavy atom. The summed E-state index contributed by atoms with van der Waals surface area (Å²) in [5.41, 5.74) is 1.95. The first-order valence-electron chi connectivity index (χ1n) is 10.8. The van der Waals surface area contributed by atoms with Crippen LogP contribution < -0.4 is 5.32 Å². The van der Waals surface area contributed by atoms with E-state index in [0.29, 0.717) is 36.6 Å². The van der Waals surface area contributed by atoms with Gasteiger partial charge in [-0.15, -0.1) is 0 Å². The molecule has 0 bridgehead atoms. The van der Waals surface area contributed by atoms with E-state index in [4.69, 9.17) is 9.68 Å². The number of rotatable bonds is 9. The molecule has 3 amide bonds. The first kappa shape index (κ1) is 23.6. The molecule has 2 aromatic carbocycles. The quantitative estimate of drug-likeness (QED) is 0.510. The van der Waals surface area contributed by atoms with E-state index >= 15 is 0 Å². The third kappa shape index (κ3) is 7.25. The van der Waals surface area contributed by atoms with Crippen molar-refractivity contribution in [3.8, 4) is 6.07 Å². The number of nitrogens with one attached hydrogen (secondary N) is 1. The maximum Gasteiger partial charge on any atom is 0.322 e. The van der Waals surface area contributed by atoms with Gasteiger partial charge in [0.2, 0.25) is 5.91 Å². The number of benzene rings is 2. The number of urea groups is 1. The highest BCUT2D eigenvalue weighted by Gasteiger charge is 2.23. The van der Waals surface area contributed by atoms with Crippen molar-refractivity contribution in [2.75, 3.05) is 18.4 Å². The highest BCUT2D eigenvalue weighted by Crippen LogP contribution is 2.14. The lowest BCUT2D eigenvalue weighted by Crippen LogP contribution is -2.45. The number of carbonyl (C=O) groups is 2. The standard InChI is InChI=1S/C26H28N4O3/c1-20(2)16-30(26(32)28-23-11-6-10-22(14-23)15-27)19-25(31)29(18-24-12-7-13-33-24)17-21-8-4-3-5-9-21/h3-14,20H,16-19H2,1-2H3,(H,28,32). The summed E-state index contributed by atoms with van der Waals surface area (Å²) in [5.74, 6) is 0.658. The predicted octanol–water partition coefficient (Wildman–Crippen LogP) is 4.87. The Bertz CT molecular complexity index is 1090. The number of nitriles is 1. The Balaban J connectivity index is 1.75. The summed E-state index contributed by atoms with van der Waals surface area (Å²) in [6.45, 7) is 5.03. The van der Waals surface area contributed by atoms with Crippen LogP contribution in [0.3, 0.4) is 0 Å². The minimum Gasteiger partial charge on any atom is -0.467 e. The molecule has 0 unspecified atom stereocenters. The molecule has 0 atom stereocenters. The molecular formula is C26H28N4O3. The van der Waals surface area contributed by atoms with Gasteiger partial charge in [0.1, 0.15) is 12.3 Å². The Kier molecular flexibility index (Phi) is 8.25. The SMILES string of the molecule is CC(C)CN(CC(=O)N(Cc1ccccc1)Cc1ccco1)C(=O)Nc1cccc(C#N)c1. The minimum atomic E-state index is -0.384. The van der Waals surface area contributed by atoms with Gasteiger partial charge in [-0.3, -0.25) is 4.79 Å². The molecule has 0 aliphatic heterocycles.